The van der Waals surface area contributed by atoms with Crippen molar-refractivity contribution in [1.29, 1.82) is 0 Å². The van der Waals surface area contributed by atoms with Crippen LogP contribution in [0.2, 0.25) is 0 Å². The molecule has 8 heteroatoms. The van der Waals surface area contributed by atoms with Crippen LogP contribution in [0.5, 0.6) is 0 Å². The van der Waals surface area contributed by atoms with Crippen molar-refractivity contribution in [2.45, 2.75) is 39.5 Å². The van der Waals surface area contributed by atoms with Crippen molar-refractivity contribution in [3.63, 3.8) is 0 Å². The van der Waals surface area contributed by atoms with E-state index in [1.807, 2.05) is 0 Å². The number of anilines is 1. The van der Waals surface area contributed by atoms with Crippen LogP contribution in [0.3, 0.4) is 0 Å². The van der Waals surface area contributed by atoms with Crippen molar-refractivity contribution in [2.75, 3.05) is 12.3 Å². The van der Waals surface area contributed by atoms with Gasteiger partial charge in [-0.15, -0.1) is 0 Å². The van der Waals surface area contributed by atoms with Gasteiger partial charge in [0.2, 0.25) is 10.7 Å². The van der Waals surface area contributed by atoms with Crippen LogP contribution in [0.1, 0.15) is 50.1 Å². The second-order valence-corrected chi connectivity index (χ2v) is 7.14. The van der Waals surface area contributed by atoms with Gasteiger partial charge < -0.3 is 10.5 Å². The zero-order valence-electron chi connectivity index (χ0n) is 15.6. The molecule has 142 valence electrons. The number of rotatable bonds is 6. The number of nitrogens with two attached hydrogens (primary N) is 1. The topological polar surface area (TPSA) is 99.6 Å². The molecule has 1 aliphatic carbocycles. The number of ketones is 1. The van der Waals surface area contributed by atoms with E-state index in [4.69, 9.17) is 10.5 Å². The SMILES string of the molecule is CCOC1=C/C(=C/c2c(N)n3nc(C(CC)CC)sc3nc2=O)C=CC1=O. The molecule has 0 saturated carbocycles. The third-order valence-corrected chi connectivity index (χ3v) is 5.49. The average Bonchev–Trinajstić information content (AvgIpc) is 3.06. The van der Waals surface area contributed by atoms with E-state index in [0.717, 1.165) is 17.8 Å². The van der Waals surface area contributed by atoms with Gasteiger partial charge in [-0.25, -0.2) is 0 Å². The molecule has 0 bridgehead atoms. The third kappa shape index (κ3) is 3.71. The largest absolute Gasteiger partial charge is 0.490 e. The van der Waals surface area contributed by atoms with Crippen LogP contribution >= 0.6 is 11.3 Å². The lowest BCUT2D eigenvalue weighted by atomic mass is 10.0. The Morgan fingerprint density at radius 3 is 2.67 bits per heavy atom. The summed E-state index contributed by atoms with van der Waals surface area (Å²) in [6.07, 6.45) is 8.15. The number of allylic oxidation sites excluding steroid dienone is 4. The van der Waals surface area contributed by atoms with E-state index in [1.54, 1.807) is 25.2 Å². The van der Waals surface area contributed by atoms with Crippen molar-refractivity contribution < 1.29 is 9.53 Å². The zero-order valence-corrected chi connectivity index (χ0v) is 16.4. The van der Waals surface area contributed by atoms with Gasteiger partial charge in [-0.1, -0.05) is 31.3 Å². The molecule has 0 radical (unpaired) electrons. The number of carbonyl (C=O) groups excluding carboxylic acids is 1. The summed E-state index contributed by atoms with van der Waals surface area (Å²) in [6, 6.07) is 0. The number of aromatic nitrogens is 3. The Morgan fingerprint density at radius 2 is 2.00 bits per heavy atom. The van der Waals surface area contributed by atoms with Gasteiger partial charge in [0, 0.05) is 5.92 Å². The van der Waals surface area contributed by atoms with Crippen LogP contribution in [-0.4, -0.2) is 27.0 Å². The number of fused-ring (bicyclic) bond motifs is 1. The minimum absolute atomic E-state index is 0.207. The molecular weight excluding hydrogens is 364 g/mol. The van der Waals surface area contributed by atoms with Gasteiger partial charge in [0.1, 0.15) is 10.8 Å². The highest BCUT2D eigenvalue weighted by Crippen LogP contribution is 2.28. The zero-order chi connectivity index (χ0) is 19.6. The molecule has 0 aliphatic heterocycles. The monoisotopic (exact) mass is 386 g/mol. The molecule has 1 aliphatic rings. The van der Waals surface area contributed by atoms with Gasteiger partial charge >= 0.3 is 0 Å². The molecule has 0 atom stereocenters. The molecule has 0 fully saturated rings. The summed E-state index contributed by atoms with van der Waals surface area (Å²) in [5, 5.41) is 5.49. The Bertz CT molecular complexity index is 1030. The second-order valence-electron chi connectivity index (χ2n) is 6.15. The fourth-order valence-corrected chi connectivity index (χ4v) is 4.05. The maximum Gasteiger partial charge on any atom is 0.283 e. The molecule has 2 heterocycles. The molecule has 27 heavy (non-hydrogen) atoms. The fourth-order valence-electron chi connectivity index (χ4n) is 2.88. The minimum Gasteiger partial charge on any atom is -0.490 e. The van der Waals surface area contributed by atoms with Gasteiger partial charge in [-0.3, -0.25) is 9.59 Å². The maximum absolute atomic E-state index is 12.5. The molecule has 0 amide bonds. The Hall–Kier alpha value is -2.74. The van der Waals surface area contributed by atoms with Crippen LogP contribution in [0.15, 0.2) is 34.4 Å². The van der Waals surface area contributed by atoms with Crippen molar-refractivity contribution in [1.82, 2.24) is 14.6 Å². The van der Waals surface area contributed by atoms with Crippen LogP contribution in [0.4, 0.5) is 5.82 Å². The standard InChI is InChI=1S/C19H22N4O3S/c1-4-12(5-2)18-22-23-16(20)13(17(25)21-19(23)27-18)9-11-7-8-14(24)15(10-11)26-6-3/h7-10,12H,4-6,20H2,1-3H3/b11-9+. The predicted octanol–water partition coefficient (Wildman–Crippen LogP) is 3.08. The van der Waals surface area contributed by atoms with E-state index in [-0.39, 0.29) is 22.9 Å². The maximum atomic E-state index is 12.5. The molecule has 0 aromatic carbocycles. The predicted molar refractivity (Wildman–Crippen MR) is 107 cm³/mol. The molecule has 0 spiro atoms. The first-order valence-corrected chi connectivity index (χ1v) is 9.77. The number of ether oxygens (including phenoxy) is 1. The molecular formula is C19H22N4O3S. The molecule has 3 rings (SSSR count). The molecule has 0 unspecified atom stereocenters. The van der Waals surface area contributed by atoms with Gasteiger partial charge in [-0.2, -0.15) is 14.6 Å². The number of hydrogen-bond donors (Lipinski definition) is 1. The van der Waals surface area contributed by atoms with Gasteiger partial charge in [-0.05, 0) is 43.6 Å². The van der Waals surface area contributed by atoms with Crippen LogP contribution in [0.25, 0.3) is 11.0 Å². The van der Waals surface area contributed by atoms with Crippen molar-refractivity contribution in [2.24, 2.45) is 0 Å². The van der Waals surface area contributed by atoms with Gasteiger partial charge in [0.15, 0.2) is 5.76 Å². The Labute approximate surface area is 160 Å². The Morgan fingerprint density at radius 1 is 1.26 bits per heavy atom. The van der Waals surface area contributed by atoms with Crippen LogP contribution in [0, 0.1) is 0 Å². The summed E-state index contributed by atoms with van der Waals surface area (Å²) in [6.45, 7) is 6.40. The summed E-state index contributed by atoms with van der Waals surface area (Å²) < 4.78 is 6.85. The van der Waals surface area contributed by atoms with E-state index >= 15 is 0 Å². The number of carbonyl (C=O) groups is 1. The van der Waals surface area contributed by atoms with E-state index in [0.29, 0.717) is 23.1 Å². The van der Waals surface area contributed by atoms with Crippen molar-refractivity contribution in [3.05, 3.63) is 50.5 Å². The smallest absolute Gasteiger partial charge is 0.283 e. The summed E-state index contributed by atoms with van der Waals surface area (Å²) in [5.41, 5.74) is 6.70. The van der Waals surface area contributed by atoms with E-state index in [1.165, 1.54) is 21.9 Å². The highest BCUT2D eigenvalue weighted by molar-refractivity contribution is 7.16. The lowest BCUT2D eigenvalue weighted by Gasteiger charge is -2.10. The van der Waals surface area contributed by atoms with Gasteiger partial charge in [0.25, 0.3) is 5.56 Å². The Balaban J connectivity index is 2.08. The lowest BCUT2D eigenvalue weighted by Crippen LogP contribution is -2.17. The molecule has 2 N–H and O–H groups in total. The highest BCUT2D eigenvalue weighted by Gasteiger charge is 2.18. The normalized spacial score (nSPS) is 15.8. The average molecular weight is 386 g/mol. The minimum atomic E-state index is -0.420. The van der Waals surface area contributed by atoms with E-state index in [2.05, 4.69) is 23.9 Å². The second kappa shape index (κ2) is 7.87. The summed E-state index contributed by atoms with van der Waals surface area (Å²) in [7, 11) is 0. The molecule has 7 nitrogen and oxygen atoms in total. The molecule has 2 aromatic heterocycles. The first-order chi connectivity index (χ1) is 13.0. The van der Waals surface area contributed by atoms with Crippen LogP contribution in [-0.2, 0) is 9.53 Å². The Kier molecular flexibility index (Phi) is 5.55. The van der Waals surface area contributed by atoms with E-state index < -0.39 is 5.56 Å². The number of hydrogen-bond acceptors (Lipinski definition) is 7. The summed E-state index contributed by atoms with van der Waals surface area (Å²) in [5.74, 6) is 0.588. The fraction of sp³-hybridized carbons (Fsp3) is 0.368. The molecule has 0 saturated heterocycles. The van der Waals surface area contributed by atoms with E-state index in [9.17, 15) is 9.59 Å². The van der Waals surface area contributed by atoms with Crippen molar-refractivity contribution >= 4 is 34.0 Å². The van der Waals surface area contributed by atoms with Crippen molar-refractivity contribution in [3.8, 4) is 0 Å². The summed E-state index contributed by atoms with van der Waals surface area (Å²) in [4.78, 5) is 28.9. The quantitative estimate of drug-likeness (QED) is 0.819. The summed E-state index contributed by atoms with van der Waals surface area (Å²) >= 11 is 1.39. The molecule has 2 aromatic rings. The number of nitrogens with zero attached hydrogens (tertiary/aromatic N) is 3. The van der Waals surface area contributed by atoms with Gasteiger partial charge in [0.05, 0.1) is 12.2 Å². The van der Waals surface area contributed by atoms with Crippen LogP contribution < -0.4 is 11.3 Å². The lowest BCUT2D eigenvalue weighted by molar-refractivity contribution is -0.114. The first kappa shape index (κ1) is 19.0. The first-order valence-electron chi connectivity index (χ1n) is 8.96. The number of nitrogen functional groups attached to an aromatic ring is 1. The third-order valence-electron chi connectivity index (χ3n) is 4.42. The highest BCUT2D eigenvalue weighted by atomic mass is 32.1.